The van der Waals surface area contributed by atoms with Gasteiger partial charge in [0.15, 0.2) is 0 Å². The van der Waals surface area contributed by atoms with Crippen molar-refractivity contribution < 1.29 is 18.7 Å². The molecule has 3 fully saturated rings. The molecule has 3 aliphatic rings. The predicted molar refractivity (Wildman–Crippen MR) is 129 cm³/mol. The molecule has 0 aliphatic carbocycles. The summed E-state index contributed by atoms with van der Waals surface area (Å²) in [5.41, 5.74) is 0.0972. The lowest BCUT2D eigenvalue weighted by Crippen LogP contribution is -2.51. The average Bonchev–Trinajstić information content (AvgIpc) is 3.47. The number of carbonyl (C=O) groups excluding carboxylic acids is 2. The Bertz CT molecular complexity index is 772. The number of rotatable bonds is 5. The molecule has 2 atom stereocenters. The van der Waals surface area contributed by atoms with Crippen LogP contribution in [-0.4, -0.2) is 78.2 Å². The van der Waals surface area contributed by atoms with Gasteiger partial charge in [-0.25, -0.2) is 4.39 Å². The Labute approximate surface area is 205 Å². The minimum Gasteiger partial charge on any atom is -0.465 e. The van der Waals surface area contributed by atoms with Crippen molar-refractivity contribution in [3.05, 3.63) is 35.6 Å². The molecule has 0 unspecified atom stereocenters. The molecule has 6 nitrogen and oxygen atoms in total. The van der Waals surface area contributed by atoms with Crippen molar-refractivity contribution in [1.82, 2.24) is 15.1 Å². The van der Waals surface area contributed by atoms with Crippen molar-refractivity contribution in [3.8, 4) is 0 Å². The highest BCUT2D eigenvalue weighted by Gasteiger charge is 2.46. The SMILES string of the molecule is CCOC(=O)C1(c2ccc(F)cc2)CCN([C@@H]2CN[C@H](C(=O)N3CCSC3)C2)CC1.Cl.Cl. The average molecular weight is 508 g/mol. The Balaban J connectivity index is 0.00000181. The van der Waals surface area contributed by atoms with Gasteiger partial charge in [0, 0.05) is 24.9 Å². The molecule has 3 saturated heterocycles. The minimum absolute atomic E-state index is 0. The summed E-state index contributed by atoms with van der Waals surface area (Å²) in [6, 6.07) is 6.43. The second kappa shape index (κ2) is 11.9. The largest absolute Gasteiger partial charge is 0.465 e. The van der Waals surface area contributed by atoms with Gasteiger partial charge in [0.1, 0.15) is 5.82 Å². The highest BCUT2D eigenvalue weighted by atomic mass is 35.5. The van der Waals surface area contributed by atoms with Gasteiger partial charge in [-0.15, -0.1) is 36.6 Å². The zero-order valence-corrected chi connectivity index (χ0v) is 20.7. The molecule has 0 radical (unpaired) electrons. The monoisotopic (exact) mass is 507 g/mol. The molecule has 1 aromatic rings. The maximum Gasteiger partial charge on any atom is 0.316 e. The predicted octanol–water partition coefficient (Wildman–Crippen LogP) is 2.83. The molecule has 32 heavy (non-hydrogen) atoms. The molecular weight excluding hydrogens is 476 g/mol. The molecule has 0 bridgehead atoms. The van der Waals surface area contributed by atoms with Crippen LogP contribution in [0.5, 0.6) is 0 Å². The molecule has 0 saturated carbocycles. The number of likely N-dealkylation sites (tertiary alicyclic amines) is 1. The van der Waals surface area contributed by atoms with E-state index < -0.39 is 5.41 Å². The number of amides is 1. The Morgan fingerprint density at radius 1 is 1.19 bits per heavy atom. The van der Waals surface area contributed by atoms with E-state index >= 15 is 0 Å². The maximum absolute atomic E-state index is 13.4. The van der Waals surface area contributed by atoms with Crippen LogP contribution in [0.1, 0.15) is 31.7 Å². The highest BCUT2D eigenvalue weighted by molar-refractivity contribution is 7.99. The zero-order valence-electron chi connectivity index (χ0n) is 18.3. The summed E-state index contributed by atoms with van der Waals surface area (Å²) >= 11 is 1.80. The maximum atomic E-state index is 13.4. The number of ether oxygens (including phenoxy) is 1. The standard InChI is InChI=1S/C22H30FN3O3S.2ClH/c1-2-29-21(28)22(16-3-5-17(23)6-4-16)7-9-25(10-8-22)18-13-19(24-14-18)20(27)26-11-12-30-15-26;;/h3-6,18-19,24H,2,7-15H2,1H3;2*1H/t18-,19-;;/m0../s1. The third-order valence-corrected chi connectivity index (χ3v) is 7.67. The van der Waals surface area contributed by atoms with Gasteiger partial charge in [0.25, 0.3) is 0 Å². The molecule has 10 heteroatoms. The lowest BCUT2D eigenvalue weighted by atomic mass is 9.72. The van der Waals surface area contributed by atoms with Crippen molar-refractivity contribution >= 4 is 48.5 Å². The van der Waals surface area contributed by atoms with Gasteiger partial charge in [0.2, 0.25) is 5.91 Å². The molecule has 4 rings (SSSR count). The van der Waals surface area contributed by atoms with Crippen LogP contribution in [0, 0.1) is 5.82 Å². The van der Waals surface area contributed by atoms with Crippen LogP contribution in [0.15, 0.2) is 24.3 Å². The molecule has 1 N–H and O–H groups in total. The zero-order chi connectivity index (χ0) is 21.1. The second-order valence-electron chi connectivity index (χ2n) is 8.33. The number of benzene rings is 1. The first-order valence-corrected chi connectivity index (χ1v) is 12.0. The first kappa shape index (κ1) is 27.2. The number of carbonyl (C=O) groups is 2. The third-order valence-electron chi connectivity index (χ3n) is 6.70. The fraction of sp³-hybridized carbons (Fsp3) is 0.636. The summed E-state index contributed by atoms with van der Waals surface area (Å²) in [5.74, 6) is 1.50. The van der Waals surface area contributed by atoms with E-state index in [2.05, 4.69) is 10.2 Å². The topological polar surface area (TPSA) is 61.9 Å². The van der Waals surface area contributed by atoms with Crippen LogP contribution in [-0.2, 0) is 19.7 Å². The van der Waals surface area contributed by atoms with Crippen LogP contribution in [0.4, 0.5) is 4.39 Å². The smallest absolute Gasteiger partial charge is 0.316 e. The fourth-order valence-electron chi connectivity index (χ4n) is 4.91. The molecule has 3 aliphatic heterocycles. The number of piperidine rings is 1. The van der Waals surface area contributed by atoms with E-state index in [1.165, 1.54) is 12.1 Å². The van der Waals surface area contributed by atoms with Crippen LogP contribution in [0.3, 0.4) is 0 Å². The van der Waals surface area contributed by atoms with E-state index in [0.717, 1.165) is 49.8 Å². The van der Waals surface area contributed by atoms with E-state index in [9.17, 15) is 14.0 Å². The molecule has 180 valence electrons. The summed E-state index contributed by atoms with van der Waals surface area (Å²) < 4.78 is 18.9. The Morgan fingerprint density at radius 3 is 2.47 bits per heavy atom. The van der Waals surface area contributed by atoms with Gasteiger partial charge >= 0.3 is 5.97 Å². The van der Waals surface area contributed by atoms with Crippen molar-refractivity contribution in [2.75, 3.05) is 44.4 Å². The first-order chi connectivity index (χ1) is 14.5. The van der Waals surface area contributed by atoms with Crippen molar-refractivity contribution in [1.29, 1.82) is 0 Å². The Hall–Kier alpha value is -1.06. The lowest BCUT2D eigenvalue weighted by Gasteiger charge is -2.42. The van der Waals surface area contributed by atoms with E-state index in [0.29, 0.717) is 25.5 Å². The van der Waals surface area contributed by atoms with Crippen molar-refractivity contribution in [2.24, 2.45) is 0 Å². The number of hydrogen-bond acceptors (Lipinski definition) is 6. The van der Waals surface area contributed by atoms with Crippen LogP contribution in [0.25, 0.3) is 0 Å². The Morgan fingerprint density at radius 2 is 1.88 bits per heavy atom. The van der Waals surface area contributed by atoms with E-state index in [1.54, 1.807) is 23.9 Å². The van der Waals surface area contributed by atoms with Gasteiger partial charge in [-0.05, 0) is 57.0 Å². The fourth-order valence-corrected chi connectivity index (χ4v) is 5.87. The van der Waals surface area contributed by atoms with Crippen LogP contribution >= 0.6 is 36.6 Å². The summed E-state index contributed by atoms with van der Waals surface area (Å²) in [7, 11) is 0. The number of halogens is 3. The van der Waals surface area contributed by atoms with Crippen LogP contribution in [0.2, 0.25) is 0 Å². The van der Waals surface area contributed by atoms with Gasteiger partial charge in [-0.3, -0.25) is 14.5 Å². The summed E-state index contributed by atoms with van der Waals surface area (Å²) in [6.07, 6.45) is 2.08. The van der Waals surface area contributed by atoms with E-state index in [4.69, 9.17) is 4.74 Å². The number of thioether (sulfide) groups is 1. The quantitative estimate of drug-likeness (QED) is 0.618. The van der Waals surface area contributed by atoms with Crippen LogP contribution < -0.4 is 5.32 Å². The summed E-state index contributed by atoms with van der Waals surface area (Å²) in [4.78, 5) is 29.9. The molecule has 3 heterocycles. The minimum atomic E-state index is -0.728. The lowest BCUT2D eigenvalue weighted by molar-refractivity contribution is -0.152. The van der Waals surface area contributed by atoms with Gasteiger partial charge in [0.05, 0.1) is 23.9 Å². The number of nitrogens with zero attached hydrogens (tertiary/aromatic N) is 2. The molecule has 0 aromatic heterocycles. The number of nitrogens with one attached hydrogen (secondary N) is 1. The summed E-state index contributed by atoms with van der Waals surface area (Å²) in [6.45, 7) is 5.28. The summed E-state index contributed by atoms with van der Waals surface area (Å²) in [5, 5.41) is 3.41. The second-order valence-corrected chi connectivity index (χ2v) is 9.41. The van der Waals surface area contributed by atoms with Gasteiger partial charge in [-0.1, -0.05) is 12.1 Å². The van der Waals surface area contributed by atoms with E-state index in [-0.39, 0.29) is 48.5 Å². The number of hydrogen-bond donors (Lipinski definition) is 1. The Kier molecular flexibility index (Phi) is 10.1. The first-order valence-electron chi connectivity index (χ1n) is 10.8. The number of esters is 1. The van der Waals surface area contributed by atoms with Crippen molar-refractivity contribution in [3.63, 3.8) is 0 Å². The van der Waals surface area contributed by atoms with Gasteiger partial charge < -0.3 is 15.0 Å². The highest BCUT2D eigenvalue weighted by Crippen LogP contribution is 2.38. The molecule has 1 amide bonds. The van der Waals surface area contributed by atoms with Crippen molar-refractivity contribution in [2.45, 2.75) is 43.7 Å². The molecular formula is C22H32Cl2FN3O3S. The molecule has 0 spiro atoms. The molecule has 1 aromatic carbocycles. The third kappa shape index (κ3) is 5.53. The van der Waals surface area contributed by atoms with E-state index in [1.807, 2.05) is 11.8 Å². The normalized spacial score (nSPS) is 25.0. The van der Waals surface area contributed by atoms with Gasteiger partial charge in [-0.2, -0.15) is 0 Å².